The van der Waals surface area contributed by atoms with E-state index in [2.05, 4.69) is 10.6 Å². The third-order valence-corrected chi connectivity index (χ3v) is 2.52. The molecule has 1 heterocycles. The van der Waals surface area contributed by atoms with Crippen LogP contribution in [0.3, 0.4) is 0 Å². The summed E-state index contributed by atoms with van der Waals surface area (Å²) in [6.45, 7) is 1.30. The SMILES string of the molecule is COCCNc1cc2c(cc1N)CC(=O)N2. The van der Waals surface area contributed by atoms with Gasteiger partial charge in [0.25, 0.3) is 0 Å². The lowest BCUT2D eigenvalue weighted by atomic mass is 10.1. The maximum Gasteiger partial charge on any atom is 0.228 e. The van der Waals surface area contributed by atoms with E-state index >= 15 is 0 Å². The van der Waals surface area contributed by atoms with Gasteiger partial charge in [0.15, 0.2) is 0 Å². The van der Waals surface area contributed by atoms with Gasteiger partial charge in [-0.05, 0) is 17.7 Å². The molecule has 0 aromatic heterocycles. The molecule has 1 aromatic carbocycles. The Kier molecular flexibility index (Phi) is 2.96. The Bertz CT molecular complexity index is 418. The van der Waals surface area contributed by atoms with E-state index in [1.165, 1.54) is 0 Å². The molecule has 5 heteroatoms. The summed E-state index contributed by atoms with van der Waals surface area (Å²) in [6.07, 6.45) is 0.415. The Balaban J connectivity index is 2.15. The number of benzene rings is 1. The first-order valence-electron chi connectivity index (χ1n) is 5.16. The molecule has 2 rings (SSSR count). The number of fused-ring (bicyclic) bond motifs is 1. The van der Waals surface area contributed by atoms with Crippen molar-refractivity contribution in [3.63, 3.8) is 0 Å². The molecule has 0 spiro atoms. The van der Waals surface area contributed by atoms with Crippen molar-refractivity contribution in [2.24, 2.45) is 0 Å². The lowest BCUT2D eigenvalue weighted by Gasteiger charge is -2.10. The molecule has 1 aliphatic rings. The third-order valence-electron chi connectivity index (χ3n) is 2.52. The van der Waals surface area contributed by atoms with Crippen LogP contribution in [0.2, 0.25) is 0 Å². The van der Waals surface area contributed by atoms with E-state index in [1.54, 1.807) is 7.11 Å². The van der Waals surface area contributed by atoms with Crippen LogP contribution < -0.4 is 16.4 Å². The molecule has 1 aliphatic heterocycles. The Labute approximate surface area is 94.0 Å². The fourth-order valence-electron chi connectivity index (χ4n) is 1.73. The zero-order valence-corrected chi connectivity index (χ0v) is 9.17. The maximum atomic E-state index is 11.2. The number of rotatable bonds is 4. The van der Waals surface area contributed by atoms with Gasteiger partial charge in [0.1, 0.15) is 0 Å². The predicted octanol–water partition coefficient (Wildman–Crippen LogP) is 0.822. The molecular formula is C11H15N3O2. The Morgan fingerprint density at radius 2 is 2.38 bits per heavy atom. The molecule has 1 aromatic rings. The Morgan fingerprint density at radius 3 is 3.12 bits per heavy atom. The Morgan fingerprint density at radius 1 is 1.56 bits per heavy atom. The molecule has 0 saturated carbocycles. The average Bonchev–Trinajstić information content (AvgIpc) is 2.58. The number of carbonyl (C=O) groups excluding carboxylic acids is 1. The van der Waals surface area contributed by atoms with Crippen LogP contribution in [0.5, 0.6) is 0 Å². The van der Waals surface area contributed by atoms with Crippen LogP contribution in [-0.2, 0) is 16.0 Å². The highest BCUT2D eigenvalue weighted by Gasteiger charge is 2.18. The summed E-state index contributed by atoms with van der Waals surface area (Å²) in [5.41, 5.74) is 9.17. The quantitative estimate of drug-likeness (QED) is 0.519. The molecule has 16 heavy (non-hydrogen) atoms. The molecule has 5 nitrogen and oxygen atoms in total. The minimum atomic E-state index is 0.0171. The van der Waals surface area contributed by atoms with Crippen molar-refractivity contribution in [3.05, 3.63) is 17.7 Å². The Hall–Kier alpha value is -1.75. The lowest BCUT2D eigenvalue weighted by molar-refractivity contribution is -0.115. The number of amides is 1. The van der Waals surface area contributed by atoms with Crippen LogP contribution in [0.15, 0.2) is 12.1 Å². The number of nitrogens with one attached hydrogen (secondary N) is 2. The fraction of sp³-hybridized carbons (Fsp3) is 0.364. The van der Waals surface area contributed by atoms with Crippen molar-refractivity contribution >= 4 is 23.0 Å². The van der Waals surface area contributed by atoms with Crippen LogP contribution in [-0.4, -0.2) is 26.2 Å². The van der Waals surface area contributed by atoms with Gasteiger partial charge in [-0.1, -0.05) is 0 Å². The number of hydrogen-bond donors (Lipinski definition) is 3. The highest BCUT2D eigenvalue weighted by molar-refractivity contribution is 6.00. The van der Waals surface area contributed by atoms with E-state index < -0.39 is 0 Å². The number of methoxy groups -OCH3 is 1. The number of anilines is 3. The molecule has 0 saturated heterocycles. The molecule has 0 unspecified atom stereocenters. The zero-order chi connectivity index (χ0) is 11.5. The van der Waals surface area contributed by atoms with Crippen molar-refractivity contribution in [1.82, 2.24) is 0 Å². The van der Waals surface area contributed by atoms with Gasteiger partial charge in [-0.15, -0.1) is 0 Å². The molecule has 86 valence electrons. The number of carbonyl (C=O) groups is 1. The second kappa shape index (κ2) is 4.40. The average molecular weight is 221 g/mol. The molecule has 0 bridgehead atoms. The summed E-state index contributed by atoms with van der Waals surface area (Å²) in [7, 11) is 1.65. The van der Waals surface area contributed by atoms with E-state index in [0.29, 0.717) is 25.3 Å². The molecular weight excluding hydrogens is 206 g/mol. The number of nitrogens with two attached hydrogens (primary N) is 1. The molecule has 0 atom stereocenters. The second-order valence-corrected chi connectivity index (χ2v) is 3.74. The zero-order valence-electron chi connectivity index (χ0n) is 9.17. The van der Waals surface area contributed by atoms with Gasteiger partial charge in [0, 0.05) is 19.3 Å². The van der Waals surface area contributed by atoms with E-state index in [9.17, 15) is 4.79 Å². The largest absolute Gasteiger partial charge is 0.397 e. The fourth-order valence-corrected chi connectivity index (χ4v) is 1.73. The summed E-state index contributed by atoms with van der Waals surface area (Å²) >= 11 is 0. The van der Waals surface area contributed by atoms with Crippen molar-refractivity contribution in [2.75, 3.05) is 36.6 Å². The molecule has 0 radical (unpaired) electrons. The summed E-state index contributed by atoms with van der Waals surface area (Å²) in [5.74, 6) is 0.0171. The van der Waals surface area contributed by atoms with Gasteiger partial charge < -0.3 is 21.1 Å². The summed E-state index contributed by atoms with van der Waals surface area (Å²) < 4.78 is 4.94. The van der Waals surface area contributed by atoms with Gasteiger partial charge in [-0.2, -0.15) is 0 Å². The third kappa shape index (κ3) is 2.09. The maximum absolute atomic E-state index is 11.2. The van der Waals surface area contributed by atoms with Crippen molar-refractivity contribution in [2.45, 2.75) is 6.42 Å². The first kappa shape index (κ1) is 10.8. The van der Waals surface area contributed by atoms with E-state index in [0.717, 1.165) is 16.9 Å². The summed E-state index contributed by atoms with van der Waals surface area (Å²) in [4.78, 5) is 11.2. The van der Waals surface area contributed by atoms with Crippen LogP contribution in [0, 0.1) is 0 Å². The monoisotopic (exact) mass is 221 g/mol. The molecule has 0 fully saturated rings. The van der Waals surface area contributed by atoms with Gasteiger partial charge in [-0.3, -0.25) is 4.79 Å². The van der Waals surface area contributed by atoms with Gasteiger partial charge in [0.05, 0.1) is 24.4 Å². The van der Waals surface area contributed by atoms with Crippen LogP contribution >= 0.6 is 0 Å². The van der Waals surface area contributed by atoms with Crippen molar-refractivity contribution in [3.8, 4) is 0 Å². The van der Waals surface area contributed by atoms with Crippen molar-refractivity contribution in [1.29, 1.82) is 0 Å². The van der Waals surface area contributed by atoms with Gasteiger partial charge >= 0.3 is 0 Å². The van der Waals surface area contributed by atoms with Crippen LogP contribution in [0.4, 0.5) is 17.1 Å². The van der Waals surface area contributed by atoms with Gasteiger partial charge in [-0.25, -0.2) is 0 Å². The minimum absolute atomic E-state index is 0.0171. The summed E-state index contributed by atoms with van der Waals surface area (Å²) in [6, 6.07) is 3.70. The normalized spacial score (nSPS) is 13.4. The summed E-state index contributed by atoms with van der Waals surface area (Å²) in [5, 5.41) is 5.95. The topological polar surface area (TPSA) is 76.4 Å². The highest BCUT2D eigenvalue weighted by Crippen LogP contribution is 2.31. The van der Waals surface area contributed by atoms with Crippen molar-refractivity contribution < 1.29 is 9.53 Å². The highest BCUT2D eigenvalue weighted by atomic mass is 16.5. The number of hydrogen-bond acceptors (Lipinski definition) is 4. The van der Waals surface area contributed by atoms with Crippen LogP contribution in [0.25, 0.3) is 0 Å². The number of ether oxygens (including phenoxy) is 1. The molecule has 0 aliphatic carbocycles. The number of nitrogen functional groups attached to an aromatic ring is 1. The lowest BCUT2D eigenvalue weighted by Crippen LogP contribution is -2.09. The second-order valence-electron chi connectivity index (χ2n) is 3.74. The first-order valence-corrected chi connectivity index (χ1v) is 5.16. The molecule has 4 N–H and O–H groups in total. The van der Waals surface area contributed by atoms with Crippen LogP contribution in [0.1, 0.15) is 5.56 Å². The van der Waals surface area contributed by atoms with E-state index in [-0.39, 0.29) is 5.91 Å². The standard InChI is InChI=1S/C11H15N3O2/c1-16-3-2-13-10-6-9-7(4-8(10)12)5-11(15)14-9/h4,6,13H,2-3,5,12H2,1H3,(H,14,15). The molecule has 1 amide bonds. The minimum Gasteiger partial charge on any atom is -0.397 e. The van der Waals surface area contributed by atoms with Gasteiger partial charge in [0.2, 0.25) is 5.91 Å². The first-order chi connectivity index (χ1) is 7.70. The van der Waals surface area contributed by atoms with E-state index in [4.69, 9.17) is 10.5 Å². The smallest absolute Gasteiger partial charge is 0.228 e. The van der Waals surface area contributed by atoms with E-state index in [1.807, 2.05) is 12.1 Å². The predicted molar refractivity (Wildman–Crippen MR) is 63.6 cm³/mol.